The van der Waals surface area contributed by atoms with Crippen molar-refractivity contribution in [2.24, 2.45) is 0 Å². The van der Waals surface area contributed by atoms with E-state index in [4.69, 9.17) is 0 Å². The molecule has 0 amide bonds. The van der Waals surface area contributed by atoms with E-state index in [0.29, 0.717) is 11.6 Å². The van der Waals surface area contributed by atoms with Gasteiger partial charge in [0.25, 0.3) is 0 Å². The van der Waals surface area contributed by atoms with Crippen molar-refractivity contribution < 1.29 is 13.2 Å². The fourth-order valence-electron chi connectivity index (χ4n) is 2.05. The third-order valence-corrected chi connectivity index (χ3v) is 3.90. The van der Waals surface area contributed by atoms with Crippen LogP contribution in [0.4, 0.5) is 13.2 Å². The van der Waals surface area contributed by atoms with Crippen molar-refractivity contribution in [1.82, 2.24) is 10.3 Å². The third kappa shape index (κ3) is 3.19. The second-order valence-corrected chi connectivity index (χ2v) is 5.29. The van der Waals surface area contributed by atoms with E-state index in [1.165, 1.54) is 23.5 Å². The summed E-state index contributed by atoms with van der Waals surface area (Å²) in [6, 6.07) is 5.11. The summed E-state index contributed by atoms with van der Waals surface area (Å²) in [6.07, 6.45) is -4.36. The van der Waals surface area contributed by atoms with E-state index < -0.39 is 17.8 Å². The number of benzene rings is 1. The number of alkyl halides is 3. The van der Waals surface area contributed by atoms with Crippen LogP contribution >= 0.6 is 11.3 Å². The summed E-state index contributed by atoms with van der Waals surface area (Å²) in [5.41, 5.74) is 0.424. The van der Waals surface area contributed by atoms with E-state index in [-0.39, 0.29) is 5.56 Å². The number of nitrogens with one attached hydrogen (secondary N) is 1. The van der Waals surface area contributed by atoms with Crippen molar-refractivity contribution >= 4 is 11.3 Å². The zero-order valence-electron chi connectivity index (χ0n) is 11.2. The van der Waals surface area contributed by atoms with Gasteiger partial charge in [0.2, 0.25) is 0 Å². The standard InChI is InChI=1S/C14H15F3N2S/c1-3-18-12(13-19-9(2)8-20-13)10-6-4-5-7-11(10)14(15,16)17/h4-8,12,18H,3H2,1-2H3. The van der Waals surface area contributed by atoms with Crippen LogP contribution in [0.2, 0.25) is 0 Å². The molecule has 1 atom stereocenters. The lowest BCUT2D eigenvalue weighted by atomic mass is 10.00. The molecule has 0 saturated carbocycles. The number of nitrogens with zero attached hydrogens (tertiary/aromatic N) is 1. The first-order chi connectivity index (χ1) is 9.43. The highest BCUT2D eigenvalue weighted by atomic mass is 32.1. The highest BCUT2D eigenvalue weighted by molar-refractivity contribution is 7.09. The molecule has 0 radical (unpaired) electrons. The van der Waals surface area contributed by atoms with Gasteiger partial charge in [0.15, 0.2) is 0 Å². The fraction of sp³-hybridized carbons (Fsp3) is 0.357. The van der Waals surface area contributed by atoms with Gasteiger partial charge in [-0.05, 0) is 25.1 Å². The van der Waals surface area contributed by atoms with Crippen LogP contribution in [0, 0.1) is 6.92 Å². The molecule has 2 rings (SSSR count). The van der Waals surface area contributed by atoms with Gasteiger partial charge in [0, 0.05) is 11.1 Å². The van der Waals surface area contributed by atoms with Gasteiger partial charge < -0.3 is 5.32 Å². The van der Waals surface area contributed by atoms with Crippen LogP contribution in [0.25, 0.3) is 0 Å². The maximum atomic E-state index is 13.1. The first-order valence-electron chi connectivity index (χ1n) is 6.25. The van der Waals surface area contributed by atoms with Gasteiger partial charge in [0.1, 0.15) is 5.01 Å². The van der Waals surface area contributed by atoms with E-state index in [2.05, 4.69) is 10.3 Å². The van der Waals surface area contributed by atoms with Crippen LogP contribution in [-0.2, 0) is 6.18 Å². The van der Waals surface area contributed by atoms with E-state index in [1.807, 2.05) is 19.2 Å². The minimum absolute atomic E-state index is 0.219. The number of hydrogen-bond acceptors (Lipinski definition) is 3. The summed E-state index contributed by atoms with van der Waals surface area (Å²) in [5.74, 6) is 0. The van der Waals surface area contributed by atoms with E-state index in [1.54, 1.807) is 6.07 Å². The van der Waals surface area contributed by atoms with Gasteiger partial charge in [-0.3, -0.25) is 0 Å². The fourth-order valence-corrected chi connectivity index (χ4v) is 2.93. The first-order valence-corrected chi connectivity index (χ1v) is 7.13. The smallest absolute Gasteiger partial charge is 0.305 e. The molecular formula is C14H15F3N2S. The van der Waals surface area contributed by atoms with Crippen LogP contribution in [-0.4, -0.2) is 11.5 Å². The number of hydrogen-bond donors (Lipinski definition) is 1. The van der Waals surface area contributed by atoms with Crippen LogP contribution in [0.1, 0.15) is 34.8 Å². The summed E-state index contributed by atoms with van der Waals surface area (Å²) in [7, 11) is 0. The molecule has 1 N–H and O–H groups in total. The Morgan fingerprint density at radius 2 is 2.00 bits per heavy atom. The number of aromatic nitrogens is 1. The number of rotatable bonds is 4. The van der Waals surface area contributed by atoms with Gasteiger partial charge in [-0.15, -0.1) is 11.3 Å². The number of aryl methyl sites for hydroxylation is 1. The molecule has 2 aromatic rings. The number of thiazole rings is 1. The minimum atomic E-state index is -4.36. The average Bonchev–Trinajstić information content (AvgIpc) is 2.81. The molecule has 1 unspecified atom stereocenters. The maximum Gasteiger partial charge on any atom is 0.416 e. The average molecular weight is 300 g/mol. The summed E-state index contributed by atoms with van der Waals surface area (Å²) < 4.78 is 39.4. The molecule has 20 heavy (non-hydrogen) atoms. The lowest BCUT2D eigenvalue weighted by molar-refractivity contribution is -0.138. The molecule has 6 heteroatoms. The molecule has 0 spiro atoms. The molecule has 0 aliphatic carbocycles. The van der Waals surface area contributed by atoms with Crippen LogP contribution in [0.15, 0.2) is 29.6 Å². The highest BCUT2D eigenvalue weighted by Gasteiger charge is 2.35. The summed E-state index contributed by atoms with van der Waals surface area (Å²) in [6.45, 7) is 4.26. The first kappa shape index (κ1) is 15.0. The van der Waals surface area contributed by atoms with Gasteiger partial charge in [-0.25, -0.2) is 4.98 Å². The van der Waals surface area contributed by atoms with Gasteiger partial charge in [-0.2, -0.15) is 13.2 Å². The minimum Gasteiger partial charge on any atom is -0.305 e. The Hall–Kier alpha value is -1.40. The highest BCUT2D eigenvalue weighted by Crippen LogP contribution is 2.37. The third-order valence-electron chi connectivity index (χ3n) is 2.87. The lowest BCUT2D eigenvalue weighted by Crippen LogP contribution is -2.25. The van der Waals surface area contributed by atoms with Crippen molar-refractivity contribution in [3.8, 4) is 0 Å². The monoisotopic (exact) mass is 300 g/mol. The summed E-state index contributed by atoms with van der Waals surface area (Å²) in [5, 5.41) is 5.59. The predicted octanol–water partition coefficient (Wildman–Crippen LogP) is 4.17. The van der Waals surface area contributed by atoms with E-state index in [9.17, 15) is 13.2 Å². The molecule has 1 heterocycles. The van der Waals surface area contributed by atoms with Gasteiger partial charge >= 0.3 is 6.18 Å². The quantitative estimate of drug-likeness (QED) is 0.916. The van der Waals surface area contributed by atoms with E-state index in [0.717, 1.165) is 11.8 Å². The Bertz CT molecular complexity index is 578. The molecule has 1 aromatic heterocycles. The second-order valence-electron chi connectivity index (χ2n) is 4.40. The normalized spacial score (nSPS) is 13.4. The molecule has 1 aromatic carbocycles. The zero-order chi connectivity index (χ0) is 14.8. The SMILES string of the molecule is CCNC(c1nc(C)cs1)c1ccccc1C(F)(F)F. The van der Waals surface area contributed by atoms with Crippen molar-refractivity contribution in [2.75, 3.05) is 6.54 Å². The maximum absolute atomic E-state index is 13.1. The molecule has 0 bridgehead atoms. The van der Waals surface area contributed by atoms with E-state index >= 15 is 0 Å². The lowest BCUT2D eigenvalue weighted by Gasteiger charge is -2.20. The van der Waals surface area contributed by atoms with Crippen molar-refractivity contribution in [3.05, 3.63) is 51.5 Å². The molecule has 0 fully saturated rings. The summed E-state index contributed by atoms with van der Waals surface area (Å²) in [4.78, 5) is 4.32. The Morgan fingerprint density at radius 3 is 2.55 bits per heavy atom. The molecule has 0 aliphatic rings. The Morgan fingerprint density at radius 1 is 1.30 bits per heavy atom. The Balaban J connectivity index is 2.50. The van der Waals surface area contributed by atoms with Crippen LogP contribution in [0.5, 0.6) is 0 Å². The van der Waals surface area contributed by atoms with Crippen LogP contribution in [0.3, 0.4) is 0 Å². The zero-order valence-corrected chi connectivity index (χ0v) is 12.0. The topological polar surface area (TPSA) is 24.9 Å². The molecule has 2 nitrogen and oxygen atoms in total. The van der Waals surface area contributed by atoms with Gasteiger partial charge in [0.05, 0.1) is 11.6 Å². The van der Waals surface area contributed by atoms with Crippen LogP contribution < -0.4 is 5.32 Å². The second kappa shape index (κ2) is 5.93. The van der Waals surface area contributed by atoms with Gasteiger partial charge in [-0.1, -0.05) is 25.1 Å². The largest absolute Gasteiger partial charge is 0.416 e. The molecule has 0 saturated heterocycles. The molecular weight excluding hydrogens is 285 g/mol. The Kier molecular flexibility index (Phi) is 4.45. The van der Waals surface area contributed by atoms with Crippen molar-refractivity contribution in [2.45, 2.75) is 26.1 Å². The Labute approximate surface area is 119 Å². The van der Waals surface area contributed by atoms with Crippen molar-refractivity contribution in [3.63, 3.8) is 0 Å². The van der Waals surface area contributed by atoms with Crippen molar-refractivity contribution in [1.29, 1.82) is 0 Å². The summed E-state index contributed by atoms with van der Waals surface area (Å²) >= 11 is 1.37. The molecule has 108 valence electrons. The molecule has 0 aliphatic heterocycles. The predicted molar refractivity (Wildman–Crippen MR) is 73.8 cm³/mol. The number of halogens is 3.